The summed E-state index contributed by atoms with van der Waals surface area (Å²) < 4.78 is 7.45. The van der Waals surface area contributed by atoms with Crippen molar-refractivity contribution in [1.82, 2.24) is 0 Å². The molecular weight excluding hydrogens is 534 g/mol. The molecule has 0 bridgehead atoms. The molecule has 0 amide bonds. The molecule has 0 N–H and O–H groups in total. The number of fused-ring (bicyclic) bond motifs is 14. The van der Waals surface area contributed by atoms with E-state index in [0.29, 0.717) is 0 Å². The van der Waals surface area contributed by atoms with Crippen LogP contribution in [0.3, 0.4) is 0 Å². The minimum atomic E-state index is -0.665. The van der Waals surface area contributed by atoms with Gasteiger partial charge in [-0.15, -0.1) is 9.13 Å². The van der Waals surface area contributed by atoms with Crippen LogP contribution in [0.5, 0.6) is 0 Å². The first-order chi connectivity index (χ1) is 21.8. The summed E-state index contributed by atoms with van der Waals surface area (Å²) in [5, 5.41) is 0. The Hall–Kier alpha value is -5.67. The van der Waals surface area contributed by atoms with Crippen LogP contribution in [-0.4, -0.2) is 0 Å². The molecule has 0 radical (unpaired) electrons. The van der Waals surface area contributed by atoms with Crippen LogP contribution in [0.15, 0.2) is 164 Å². The molecule has 0 saturated heterocycles. The predicted molar refractivity (Wildman–Crippen MR) is 173 cm³/mol. The standard InChI is InChI=1S/C41H30N3/c1-29-31(30-15-3-2-4-16-30)25-26-40-33-18-6-9-21-36(33)41(35-20-8-5-17-32(35)37-22-11-13-27-42(37)41)43-28-14-12-23-38(43)34-19-7-10-24-39(34)44(29)40/h2-28H,1H3/q+3. The van der Waals surface area contributed by atoms with E-state index in [2.05, 4.69) is 185 Å². The molecule has 206 valence electrons. The maximum atomic E-state index is 2.50. The number of nitrogens with zero attached hydrogens (tertiary/aromatic N) is 3. The lowest BCUT2D eigenvalue weighted by Crippen LogP contribution is -2.73. The van der Waals surface area contributed by atoms with Gasteiger partial charge in [-0.05, 0) is 54.1 Å². The first kappa shape index (κ1) is 24.9. The zero-order valence-electron chi connectivity index (χ0n) is 24.4. The van der Waals surface area contributed by atoms with Crippen molar-refractivity contribution in [3.63, 3.8) is 0 Å². The number of hydrogen-bond acceptors (Lipinski definition) is 0. The van der Waals surface area contributed by atoms with E-state index in [4.69, 9.17) is 0 Å². The fourth-order valence-corrected chi connectivity index (χ4v) is 7.68. The average Bonchev–Trinajstić information content (AvgIpc) is 3.41. The van der Waals surface area contributed by atoms with Gasteiger partial charge >= 0.3 is 5.66 Å². The van der Waals surface area contributed by atoms with Gasteiger partial charge in [0.2, 0.25) is 22.8 Å². The predicted octanol–water partition coefficient (Wildman–Crippen LogP) is 7.44. The van der Waals surface area contributed by atoms with Crippen LogP contribution in [0.4, 0.5) is 0 Å². The lowest BCUT2D eigenvalue weighted by molar-refractivity contribution is -0.958. The summed E-state index contributed by atoms with van der Waals surface area (Å²) in [6, 6.07) is 55.2. The molecule has 2 aliphatic heterocycles. The van der Waals surface area contributed by atoms with E-state index in [1.807, 2.05) is 0 Å². The summed E-state index contributed by atoms with van der Waals surface area (Å²) in [5.41, 5.74) is 13.8. The highest BCUT2D eigenvalue weighted by molar-refractivity contribution is 5.75. The van der Waals surface area contributed by atoms with Gasteiger partial charge in [-0.1, -0.05) is 66.7 Å². The fraction of sp³-hybridized carbons (Fsp3) is 0.0488. The van der Waals surface area contributed by atoms with Crippen molar-refractivity contribution in [2.24, 2.45) is 0 Å². The molecule has 1 atom stereocenters. The van der Waals surface area contributed by atoms with Crippen LogP contribution < -0.4 is 13.7 Å². The molecule has 0 saturated carbocycles. The highest BCUT2D eigenvalue weighted by atomic mass is 15.3. The third-order valence-electron chi connectivity index (χ3n) is 9.45. The molecular formula is C41H30N3+3. The highest BCUT2D eigenvalue weighted by Gasteiger charge is 2.63. The second-order valence-corrected chi connectivity index (χ2v) is 11.6. The Morgan fingerprint density at radius 2 is 0.932 bits per heavy atom. The Bertz CT molecular complexity index is 2200. The Morgan fingerprint density at radius 1 is 0.409 bits per heavy atom. The molecule has 44 heavy (non-hydrogen) atoms. The number of para-hydroxylation sites is 1. The second-order valence-electron chi connectivity index (χ2n) is 11.6. The normalized spacial score (nSPS) is 15.5. The first-order valence-corrected chi connectivity index (χ1v) is 15.2. The molecule has 1 unspecified atom stereocenters. The smallest absolute Gasteiger partial charge is 0.156 e. The van der Waals surface area contributed by atoms with Gasteiger partial charge in [-0.2, -0.15) is 4.57 Å². The summed E-state index contributed by atoms with van der Waals surface area (Å²) in [6.07, 6.45) is 4.51. The Balaban J connectivity index is 1.52. The second kappa shape index (κ2) is 9.42. The number of hydrogen-bond donors (Lipinski definition) is 0. The zero-order chi connectivity index (χ0) is 29.3. The van der Waals surface area contributed by atoms with E-state index in [-0.39, 0.29) is 0 Å². The van der Waals surface area contributed by atoms with Crippen LogP contribution >= 0.6 is 0 Å². The van der Waals surface area contributed by atoms with Crippen LogP contribution in [0.1, 0.15) is 16.8 Å². The number of aromatic nitrogens is 3. The fourth-order valence-electron chi connectivity index (χ4n) is 7.68. The Labute approximate surface area is 257 Å². The summed E-state index contributed by atoms with van der Waals surface area (Å²) >= 11 is 0. The summed E-state index contributed by atoms with van der Waals surface area (Å²) in [7, 11) is 0. The van der Waals surface area contributed by atoms with Gasteiger partial charge in [0.25, 0.3) is 0 Å². The van der Waals surface area contributed by atoms with Gasteiger partial charge < -0.3 is 0 Å². The third-order valence-corrected chi connectivity index (χ3v) is 9.45. The van der Waals surface area contributed by atoms with E-state index in [1.165, 1.54) is 56.0 Å². The van der Waals surface area contributed by atoms with Crippen molar-refractivity contribution in [3.05, 3.63) is 181 Å². The van der Waals surface area contributed by atoms with E-state index < -0.39 is 5.66 Å². The quantitative estimate of drug-likeness (QED) is 0.184. The molecule has 3 nitrogen and oxygen atoms in total. The van der Waals surface area contributed by atoms with Gasteiger partial charge in [0.05, 0.1) is 11.1 Å². The van der Waals surface area contributed by atoms with Crippen LogP contribution in [0.2, 0.25) is 0 Å². The number of benzene rings is 4. The average molecular weight is 565 g/mol. The Kier molecular flexibility index (Phi) is 5.33. The van der Waals surface area contributed by atoms with E-state index in [9.17, 15) is 0 Å². The van der Waals surface area contributed by atoms with Gasteiger partial charge in [0.15, 0.2) is 18.1 Å². The first-order valence-electron chi connectivity index (χ1n) is 15.2. The minimum Gasteiger partial charge on any atom is -0.156 e. The maximum Gasteiger partial charge on any atom is 0.417 e. The third kappa shape index (κ3) is 3.24. The van der Waals surface area contributed by atoms with Crippen molar-refractivity contribution in [2.75, 3.05) is 0 Å². The molecule has 5 heterocycles. The van der Waals surface area contributed by atoms with Crippen molar-refractivity contribution in [1.29, 1.82) is 0 Å². The Morgan fingerprint density at radius 3 is 1.61 bits per heavy atom. The zero-order valence-corrected chi connectivity index (χ0v) is 24.4. The van der Waals surface area contributed by atoms with Gasteiger partial charge in [0, 0.05) is 48.9 Å². The number of rotatable bonds is 1. The number of pyridine rings is 3. The van der Waals surface area contributed by atoms with Crippen LogP contribution in [0, 0.1) is 6.92 Å². The molecule has 1 spiro atoms. The summed E-state index contributed by atoms with van der Waals surface area (Å²) in [6.45, 7) is 2.26. The maximum absolute atomic E-state index is 2.50. The summed E-state index contributed by atoms with van der Waals surface area (Å²) in [5.74, 6) is 0. The SMILES string of the molecule is Cc1c(-c2ccccc2)ccc2[n+]1-c1ccccc1-c1cccc[n+]1C1(c3ccccc3-c3cccc[n+]31)c1ccccc1-2. The highest BCUT2D eigenvalue weighted by Crippen LogP contribution is 2.44. The summed E-state index contributed by atoms with van der Waals surface area (Å²) in [4.78, 5) is 0. The topological polar surface area (TPSA) is 11.6 Å². The lowest BCUT2D eigenvalue weighted by atomic mass is 9.85. The largest absolute Gasteiger partial charge is 0.417 e. The van der Waals surface area contributed by atoms with Gasteiger partial charge in [-0.3, -0.25) is 0 Å². The molecule has 3 heteroatoms. The van der Waals surface area contributed by atoms with Crippen LogP contribution in [-0.2, 0) is 5.66 Å². The molecule has 2 aliphatic rings. The van der Waals surface area contributed by atoms with Crippen molar-refractivity contribution < 1.29 is 13.7 Å². The van der Waals surface area contributed by atoms with Gasteiger partial charge in [-0.25, -0.2) is 0 Å². The monoisotopic (exact) mass is 564 g/mol. The molecule has 7 aromatic rings. The molecule has 9 rings (SSSR count). The molecule has 4 aromatic carbocycles. The molecule has 0 aliphatic carbocycles. The van der Waals surface area contributed by atoms with E-state index in [1.54, 1.807) is 0 Å². The van der Waals surface area contributed by atoms with Crippen molar-refractivity contribution >= 4 is 0 Å². The minimum absolute atomic E-state index is 0.665. The van der Waals surface area contributed by atoms with E-state index >= 15 is 0 Å². The molecule has 0 fully saturated rings. The van der Waals surface area contributed by atoms with E-state index in [0.717, 1.165) is 11.4 Å². The van der Waals surface area contributed by atoms with Crippen LogP contribution in [0.25, 0.3) is 50.6 Å². The molecule has 3 aromatic heterocycles. The van der Waals surface area contributed by atoms with Crippen molar-refractivity contribution in [3.8, 4) is 50.6 Å². The van der Waals surface area contributed by atoms with Gasteiger partial charge in [0.1, 0.15) is 16.7 Å². The lowest BCUT2D eigenvalue weighted by Gasteiger charge is -2.23. The van der Waals surface area contributed by atoms with Crippen molar-refractivity contribution in [2.45, 2.75) is 12.6 Å².